The molecule has 6 nitrogen and oxygen atoms in total. The van der Waals surface area contributed by atoms with Crippen molar-refractivity contribution in [1.82, 2.24) is 9.78 Å². The molecule has 3 rings (SSSR count). The van der Waals surface area contributed by atoms with E-state index in [1.165, 1.54) is 16.3 Å². The van der Waals surface area contributed by atoms with E-state index in [1.807, 2.05) is 39.0 Å². The molecule has 3 aromatic rings. The van der Waals surface area contributed by atoms with E-state index in [-0.39, 0.29) is 11.5 Å². The van der Waals surface area contributed by atoms with Gasteiger partial charge in [-0.15, -0.1) is 0 Å². The maximum absolute atomic E-state index is 12.9. The van der Waals surface area contributed by atoms with Gasteiger partial charge in [0.05, 0.1) is 12.8 Å². The molecule has 1 atom stereocenters. The number of methoxy groups -OCH3 is 1. The predicted molar refractivity (Wildman–Crippen MR) is 114 cm³/mol. The minimum Gasteiger partial charge on any atom is -0.497 e. The Hall–Kier alpha value is -3.41. The summed E-state index contributed by atoms with van der Waals surface area (Å²) < 4.78 is 6.40. The lowest BCUT2D eigenvalue weighted by molar-refractivity contribution is -0.119. The van der Waals surface area contributed by atoms with E-state index in [0.29, 0.717) is 23.6 Å². The van der Waals surface area contributed by atoms with Gasteiger partial charge >= 0.3 is 0 Å². The van der Waals surface area contributed by atoms with Crippen LogP contribution in [0.2, 0.25) is 0 Å². The zero-order valence-corrected chi connectivity index (χ0v) is 17.1. The van der Waals surface area contributed by atoms with Crippen LogP contribution in [0.4, 0.5) is 5.69 Å². The van der Waals surface area contributed by atoms with Gasteiger partial charge < -0.3 is 10.1 Å². The van der Waals surface area contributed by atoms with E-state index < -0.39 is 6.04 Å². The van der Waals surface area contributed by atoms with Crippen molar-refractivity contribution in [3.8, 4) is 17.0 Å². The second kappa shape index (κ2) is 8.73. The molecule has 0 fully saturated rings. The van der Waals surface area contributed by atoms with E-state index in [4.69, 9.17) is 4.74 Å². The SMILES string of the molecule is CC[C@@H](C(=O)Nc1ccc(OC)cc1)n1nc(-c2ccc(C)c(C)c2)ccc1=O. The fourth-order valence-corrected chi connectivity index (χ4v) is 3.07. The van der Waals surface area contributed by atoms with E-state index >= 15 is 0 Å². The zero-order chi connectivity index (χ0) is 21.0. The molecule has 2 aromatic carbocycles. The number of rotatable bonds is 6. The molecule has 1 heterocycles. The molecule has 0 aliphatic heterocycles. The Morgan fingerprint density at radius 2 is 1.79 bits per heavy atom. The third kappa shape index (κ3) is 4.54. The number of carbonyl (C=O) groups is 1. The Labute approximate surface area is 170 Å². The van der Waals surface area contributed by atoms with E-state index in [9.17, 15) is 9.59 Å². The molecule has 1 aromatic heterocycles. The van der Waals surface area contributed by atoms with Crippen molar-refractivity contribution in [3.63, 3.8) is 0 Å². The maximum Gasteiger partial charge on any atom is 0.267 e. The fraction of sp³-hybridized carbons (Fsp3) is 0.261. The molecule has 0 aliphatic rings. The highest BCUT2D eigenvalue weighted by Gasteiger charge is 2.21. The van der Waals surface area contributed by atoms with Crippen LogP contribution in [0.15, 0.2) is 59.4 Å². The average Bonchev–Trinajstić information content (AvgIpc) is 2.72. The van der Waals surface area contributed by atoms with Crippen molar-refractivity contribution in [2.45, 2.75) is 33.2 Å². The summed E-state index contributed by atoms with van der Waals surface area (Å²) in [7, 11) is 1.58. The highest BCUT2D eigenvalue weighted by molar-refractivity contribution is 5.93. The molecule has 29 heavy (non-hydrogen) atoms. The summed E-state index contributed by atoms with van der Waals surface area (Å²) in [5.41, 5.74) is 4.22. The lowest BCUT2D eigenvalue weighted by Gasteiger charge is -2.18. The van der Waals surface area contributed by atoms with E-state index in [2.05, 4.69) is 10.4 Å². The molecule has 0 saturated heterocycles. The number of hydrogen-bond donors (Lipinski definition) is 1. The summed E-state index contributed by atoms with van der Waals surface area (Å²) in [5, 5.41) is 7.35. The Bertz CT molecular complexity index is 1070. The number of nitrogens with zero attached hydrogens (tertiary/aromatic N) is 2. The van der Waals surface area contributed by atoms with Crippen LogP contribution in [-0.2, 0) is 4.79 Å². The lowest BCUT2D eigenvalue weighted by atomic mass is 10.0. The number of carbonyl (C=O) groups excluding carboxylic acids is 1. The molecule has 6 heteroatoms. The quantitative estimate of drug-likeness (QED) is 0.686. The van der Waals surface area contributed by atoms with Crippen molar-refractivity contribution in [2.75, 3.05) is 12.4 Å². The Morgan fingerprint density at radius 1 is 1.07 bits per heavy atom. The summed E-state index contributed by atoms with van der Waals surface area (Å²) in [6.45, 7) is 5.94. The van der Waals surface area contributed by atoms with Crippen LogP contribution in [-0.4, -0.2) is 22.8 Å². The molecule has 0 spiro atoms. The third-order valence-electron chi connectivity index (χ3n) is 4.97. The van der Waals surface area contributed by atoms with Gasteiger partial charge in [-0.25, -0.2) is 4.68 Å². The van der Waals surface area contributed by atoms with Gasteiger partial charge in [0.1, 0.15) is 11.8 Å². The number of aryl methyl sites for hydroxylation is 2. The van der Waals surface area contributed by atoms with Crippen molar-refractivity contribution in [2.24, 2.45) is 0 Å². The summed E-state index contributed by atoms with van der Waals surface area (Å²) >= 11 is 0. The van der Waals surface area contributed by atoms with Crippen LogP contribution in [0, 0.1) is 13.8 Å². The molecular weight excluding hydrogens is 366 g/mol. The lowest BCUT2D eigenvalue weighted by Crippen LogP contribution is -2.34. The molecule has 1 N–H and O–H groups in total. The van der Waals surface area contributed by atoms with Crippen LogP contribution in [0.1, 0.15) is 30.5 Å². The summed E-state index contributed by atoms with van der Waals surface area (Å²) in [6, 6.07) is 15.5. The van der Waals surface area contributed by atoms with E-state index in [0.717, 1.165) is 11.1 Å². The molecular formula is C23H25N3O3. The number of benzene rings is 2. The average molecular weight is 391 g/mol. The van der Waals surface area contributed by atoms with Crippen LogP contribution >= 0.6 is 0 Å². The van der Waals surface area contributed by atoms with Crippen LogP contribution in [0.5, 0.6) is 5.75 Å². The summed E-state index contributed by atoms with van der Waals surface area (Å²) in [5.74, 6) is 0.415. The van der Waals surface area contributed by atoms with Gasteiger partial charge in [0.25, 0.3) is 5.56 Å². The topological polar surface area (TPSA) is 73.2 Å². The number of ether oxygens (including phenoxy) is 1. The minimum atomic E-state index is -0.712. The van der Waals surface area contributed by atoms with Gasteiger partial charge in [0.15, 0.2) is 0 Å². The van der Waals surface area contributed by atoms with Gasteiger partial charge in [-0.3, -0.25) is 9.59 Å². The first-order valence-electron chi connectivity index (χ1n) is 9.55. The predicted octanol–water partition coefficient (Wildman–Crippen LogP) is 4.13. The molecule has 0 saturated carbocycles. The summed E-state index contributed by atoms with van der Waals surface area (Å²) in [4.78, 5) is 25.3. The van der Waals surface area contributed by atoms with Gasteiger partial charge in [0, 0.05) is 17.3 Å². The van der Waals surface area contributed by atoms with Gasteiger partial charge in [-0.2, -0.15) is 5.10 Å². The van der Waals surface area contributed by atoms with Gasteiger partial charge in [0.2, 0.25) is 5.91 Å². The summed E-state index contributed by atoms with van der Waals surface area (Å²) in [6.07, 6.45) is 0.436. The largest absolute Gasteiger partial charge is 0.497 e. The second-order valence-corrected chi connectivity index (χ2v) is 6.94. The van der Waals surface area contributed by atoms with Crippen molar-refractivity contribution < 1.29 is 9.53 Å². The first kappa shape index (κ1) is 20.3. The number of amides is 1. The zero-order valence-electron chi connectivity index (χ0n) is 17.1. The van der Waals surface area contributed by atoms with Gasteiger partial charge in [-0.1, -0.05) is 19.1 Å². The highest BCUT2D eigenvalue weighted by atomic mass is 16.5. The highest BCUT2D eigenvalue weighted by Crippen LogP contribution is 2.21. The number of nitrogens with one attached hydrogen (secondary N) is 1. The second-order valence-electron chi connectivity index (χ2n) is 6.94. The molecule has 1 amide bonds. The maximum atomic E-state index is 12.9. The van der Waals surface area contributed by atoms with Crippen LogP contribution < -0.4 is 15.6 Å². The normalized spacial score (nSPS) is 11.7. The Kier molecular flexibility index (Phi) is 6.12. The number of aromatic nitrogens is 2. The monoisotopic (exact) mass is 391 g/mol. The molecule has 0 unspecified atom stereocenters. The first-order valence-corrected chi connectivity index (χ1v) is 9.55. The smallest absolute Gasteiger partial charge is 0.267 e. The fourth-order valence-electron chi connectivity index (χ4n) is 3.07. The number of hydrogen-bond acceptors (Lipinski definition) is 4. The molecule has 0 bridgehead atoms. The third-order valence-corrected chi connectivity index (χ3v) is 4.97. The van der Waals surface area contributed by atoms with Crippen molar-refractivity contribution >= 4 is 11.6 Å². The van der Waals surface area contributed by atoms with Gasteiger partial charge in [-0.05, 0) is 67.8 Å². The van der Waals surface area contributed by atoms with Crippen LogP contribution in [0.25, 0.3) is 11.3 Å². The Morgan fingerprint density at radius 3 is 2.41 bits per heavy atom. The van der Waals surface area contributed by atoms with E-state index in [1.54, 1.807) is 37.4 Å². The minimum absolute atomic E-state index is 0.287. The first-order chi connectivity index (χ1) is 13.9. The Balaban J connectivity index is 1.90. The standard InChI is InChI=1S/C23H25N3O3/c1-5-21(23(28)24-18-8-10-19(29-4)11-9-18)26-22(27)13-12-20(25-26)17-7-6-15(2)16(3)14-17/h6-14,21H,5H2,1-4H3,(H,24,28)/t21-/m0/s1. The number of anilines is 1. The van der Waals surface area contributed by atoms with Crippen LogP contribution in [0.3, 0.4) is 0 Å². The van der Waals surface area contributed by atoms with Crippen molar-refractivity contribution in [3.05, 3.63) is 76.1 Å². The molecule has 150 valence electrons. The molecule has 0 aliphatic carbocycles. The van der Waals surface area contributed by atoms with Crippen molar-refractivity contribution in [1.29, 1.82) is 0 Å². The molecule has 0 radical (unpaired) electrons.